The van der Waals surface area contributed by atoms with Gasteiger partial charge in [-0.2, -0.15) is 13.2 Å². The molecule has 0 spiro atoms. The van der Waals surface area contributed by atoms with Gasteiger partial charge in [-0.25, -0.2) is 0 Å². The molecule has 0 amide bonds. The SMILES string of the molecule is FCC1CN(CCOc2ccc([C@H]3C=CC(C(F)(F)F)=C4OC=CC=C43)cc2)C1. The van der Waals surface area contributed by atoms with Crippen LogP contribution >= 0.6 is 0 Å². The zero-order valence-electron chi connectivity index (χ0n) is 15.7. The van der Waals surface area contributed by atoms with E-state index in [0.717, 1.165) is 31.3 Å². The van der Waals surface area contributed by atoms with Gasteiger partial charge in [-0.15, -0.1) is 0 Å². The lowest BCUT2D eigenvalue weighted by atomic mass is 9.83. The topological polar surface area (TPSA) is 21.7 Å². The van der Waals surface area contributed by atoms with Crippen molar-refractivity contribution in [3.8, 4) is 5.75 Å². The second-order valence-electron chi connectivity index (χ2n) is 7.34. The van der Waals surface area contributed by atoms with E-state index < -0.39 is 11.7 Å². The van der Waals surface area contributed by atoms with Gasteiger partial charge < -0.3 is 9.47 Å². The normalized spacial score (nSPS) is 22.1. The van der Waals surface area contributed by atoms with E-state index >= 15 is 0 Å². The lowest BCUT2D eigenvalue weighted by Crippen LogP contribution is -2.49. The Balaban J connectivity index is 1.40. The highest BCUT2D eigenvalue weighted by atomic mass is 19.4. The summed E-state index contributed by atoms with van der Waals surface area (Å²) >= 11 is 0. The molecule has 0 bridgehead atoms. The fraction of sp³-hybridized carbons (Fsp3) is 0.364. The fourth-order valence-electron chi connectivity index (χ4n) is 3.76. The zero-order chi connectivity index (χ0) is 20.4. The molecule has 0 N–H and O–H groups in total. The van der Waals surface area contributed by atoms with Crippen molar-refractivity contribution in [1.29, 1.82) is 0 Å². The van der Waals surface area contributed by atoms with Crippen LogP contribution in [0.25, 0.3) is 0 Å². The summed E-state index contributed by atoms with van der Waals surface area (Å²) in [5.41, 5.74) is 0.562. The number of fused-ring (bicyclic) bond motifs is 1. The zero-order valence-corrected chi connectivity index (χ0v) is 15.7. The van der Waals surface area contributed by atoms with E-state index in [1.165, 1.54) is 6.26 Å². The molecule has 1 aromatic rings. The van der Waals surface area contributed by atoms with Crippen molar-refractivity contribution in [2.24, 2.45) is 5.92 Å². The standard InChI is InChI=1S/C22H21F4NO2/c23-12-15-13-27(14-15)9-11-28-17-5-3-16(4-6-17)18-7-8-20(22(24,25)26)21-19(18)2-1-10-29-21/h1-8,10,15,18H,9,11-14H2/t18-/m1/s1. The maximum Gasteiger partial charge on any atom is 0.419 e. The maximum absolute atomic E-state index is 13.3. The molecule has 0 unspecified atom stereocenters. The lowest BCUT2D eigenvalue weighted by molar-refractivity contribution is -0.0910. The minimum atomic E-state index is -4.47. The first-order valence-electron chi connectivity index (χ1n) is 9.50. The summed E-state index contributed by atoms with van der Waals surface area (Å²) in [5, 5.41) is 0. The van der Waals surface area contributed by atoms with Gasteiger partial charge in [0.2, 0.25) is 0 Å². The van der Waals surface area contributed by atoms with Gasteiger partial charge in [-0.1, -0.05) is 24.3 Å². The molecule has 154 valence electrons. The van der Waals surface area contributed by atoms with E-state index in [4.69, 9.17) is 9.47 Å². The first-order chi connectivity index (χ1) is 14.0. The Morgan fingerprint density at radius 1 is 1.14 bits per heavy atom. The highest BCUT2D eigenvalue weighted by molar-refractivity contribution is 5.54. The van der Waals surface area contributed by atoms with Crippen molar-refractivity contribution in [3.05, 3.63) is 77.3 Å². The number of likely N-dealkylation sites (tertiary alicyclic amines) is 1. The van der Waals surface area contributed by atoms with Gasteiger partial charge in [-0.05, 0) is 29.8 Å². The average Bonchev–Trinajstić information content (AvgIpc) is 2.68. The molecule has 4 rings (SSSR count). The quantitative estimate of drug-likeness (QED) is 0.626. The van der Waals surface area contributed by atoms with Crippen molar-refractivity contribution < 1.29 is 27.0 Å². The lowest BCUT2D eigenvalue weighted by Gasteiger charge is -2.37. The summed E-state index contributed by atoms with van der Waals surface area (Å²) in [4.78, 5) is 2.14. The van der Waals surface area contributed by atoms with Gasteiger partial charge in [0.15, 0.2) is 0 Å². The summed E-state index contributed by atoms with van der Waals surface area (Å²) in [6, 6.07) is 7.32. The number of allylic oxidation sites excluding steroid dienone is 6. The third-order valence-electron chi connectivity index (χ3n) is 5.31. The van der Waals surface area contributed by atoms with Crippen molar-refractivity contribution in [2.75, 3.05) is 32.9 Å². The first kappa shape index (κ1) is 19.8. The molecule has 29 heavy (non-hydrogen) atoms. The Hall–Kier alpha value is -2.54. The van der Waals surface area contributed by atoms with E-state index in [-0.39, 0.29) is 24.3 Å². The molecule has 7 heteroatoms. The van der Waals surface area contributed by atoms with Crippen molar-refractivity contribution in [1.82, 2.24) is 4.90 Å². The molecular weight excluding hydrogens is 386 g/mol. The molecule has 0 aromatic heterocycles. The number of hydrogen-bond acceptors (Lipinski definition) is 3. The van der Waals surface area contributed by atoms with E-state index in [9.17, 15) is 17.6 Å². The summed E-state index contributed by atoms with van der Waals surface area (Å²) in [6.45, 7) is 2.53. The van der Waals surface area contributed by atoms with Crippen molar-refractivity contribution in [3.63, 3.8) is 0 Å². The molecule has 0 saturated carbocycles. The van der Waals surface area contributed by atoms with Gasteiger partial charge in [0.25, 0.3) is 0 Å². The average molecular weight is 407 g/mol. The molecule has 1 atom stereocenters. The van der Waals surface area contributed by atoms with Crippen LogP contribution in [0.3, 0.4) is 0 Å². The van der Waals surface area contributed by atoms with Crippen molar-refractivity contribution >= 4 is 0 Å². The highest BCUT2D eigenvalue weighted by Crippen LogP contribution is 2.43. The first-order valence-corrected chi connectivity index (χ1v) is 9.50. The molecule has 1 aliphatic carbocycles. The molecule has 1 saturated heterocycles. The predicted octanol–water partition coefficient (Wildman–Crippen LogP) is 4.91. The van der Waals surface area contributed by atoms with Crippen LogP contribution < -0.4 is 4.74 Å². The summed E-state index contributed by atoms with van der Waals surface area (Å²) in [5.74, 6) is 0.377. The number of nitrogens with zero attached hydrogens (tertiary/aromatic N) is 1. The molecule has 1 aromatic carbocycles. The van der Waals surface area contributed by atoms with Crippen molar-refractivity contribution in [2.45, 2.75) is 12.1 Å². The van der Waals surface area contributed by atoms with Gasteiger partial charge in [0.1, 0.15) is 18.1 Å². The summed E-state index contributed by atoms with van der Waals surface area (Å²) < 4.78 is 63.2. The molecular formula is C22H21F4NO2. The van der Waals surface area contributed by atoms with Crippen LogP contribution in [-0.4, -0.2) is 44.0 Å². The number of rotatable bonds is 6. The van der Waals surface area contributed by atoms with Crippen LogP contribution in [0.5, 0.6) is 5.75 Å². The number of ether oxygens (including phenoxy) is 2. The smallest absolute Gasteiger partial charge is 0.419 e. The highest BCUT2D eigenvalue weighted by Gasteiger charge is 2.40. The van der Waals surface area contributed by atoms with Crippen LogP contribution in [0.2, 0.25) is 0 Å². The van der Waals surface area contributed by atoms with Crippen LogP contribution in [0.4, 0.5) is 17.6 Å². The van der Waals surface area contributed by atoms with Crippen LogP contribution in [0.15, 0.2) is 71.7 Å². The Labute approximate surface area is 166 Å². The van der Waals surface area contributed by atoms with Crippen LogP contribution in [-0.2, 0) is 4.74 Å². The molecule has 2 heterocycles. The monoisotopic (exact) mass is 407 g/mol. The molecule has 0 radical (unpaired) electrons. The van der Waals surface area contributed by atoms with Crippen LogP contribution in [0.1, 0.15) is 11.5 Å². The largest absolute Gasteiger partial charge is 0.492 e. The Kier molecular flexibility index (Phi) is 5.50. The van der Waals surface area contributed by atoms with E-state index in [1.54, 1.807) is 18.2 Å². The third kappa shape index (κ3) is 4.24. The second-order valence-corrected chi connectivity index (χ2v) is 7.34. The van der Waals surface area contributed by atoms with Gasteiger partial charge >= 0.3 is 6.18 Å². The van der Waals surface area contributed by atoms with Gasteiger partial charge in [-0.3, -0.25) is 9.29 Å². The number of benzene rings is 1. The Morgan fingerprint density at radius 3 is 2.59 bits per heavy atom. The Morgan fingerprint density at radius 2 is 1.90 bits per heavy atom. The van der Waals surface area contributed by atoms with E-state index in [1.807, 2.05) is 24.3 Å². The second kappa shape index (κ2) is 8.06. The van der Waals surface area contributed by atoms with Gasteiger partial charge in [0, 0.05) is 37.0 Å². The molecule has 1 fully saturated rings. The molecule has 3 nitrogen and oxygen atoms in total. The minimum Gasteiger partial charge on any atom is -0.492 e. The Bertz CT molecular complexity index is 862. The van der Waals surface area contributed by atoms with E-state index in [0.29, 0.717) is 17.9 Å². The van der Waals surface area contributed by atoms with Crippen LogP contribution in [0, 0.1) is 5.92 Å². The summed E-state index contributed by atoms with van der Waals surface area (Å²) in [6.07, 6.45) is 2.66. The number of hydrogen-bond donors (Lipinski definition) is 0. The number of halogens is 4. The molecule has 3 aliphatic rings. The van der Waals surface area contributed by atoms with E-state index in [2.05, 4.69) is 4.90 Å². The minimum absolute atomic E-state index is 0.144. The fourth-order valence-corrected chi connectivity index (χ4v) is 3.76. The predicted molar refractivity (Wildman–Crippen MR) is 101 cm³/mol. The summed E-state index contributed by atoms with van der Waals surface area (Å²) in [7, 11) is 0. The number of alkyl halides is 4. The third-order valence-corrected chi connectivity index (χ3v) is 5.31. The maximum atomic E-state index is 13.3. The van der Waals surface area contributed by atoms with Gasteiger partial charge in [0.05, 0.1) is 18.5 Å². The molecule has 2 aliphatic heterocycles.